The predicted molar refractivity (Wildman–Crippen MR) is 63.3 cm³/mol. The molecule has 0 aromatic carbocycles. The van der Waals surface area contributed by atoms with Crippen LogP contribution in [0.2, 0.25) is 0 Å². The highest BCUT2D eigenvalue weighted by atomic mass is 32.2. The summed E-state index contributed by atoms with van der Waals surface area (Å²) < 4.78 is 29.9. The van der Waals surface area contributed by atoms with Crippen LogP contribution in [0.5, 0.6) is 5.75 Å². The maximum Gasteiger partial charge on any atom is 0.337 e. The zero-order chi connectivity index (χ0) is 13.3. The molecule has 0 spiro atoms. The second-order valence-electron chi connectivity index (χ2n) is 4.07. The molecule has 1 heterocycles. The summed E-state index contributed by atoms with van der Waals surface area (Å²) in [6.45, 7) is 0. The van der Waals surface area contributed by atoms with E-state index in [9.17, 15) is 13.2 Å². The zero-order valence-corrected chi connectivity index (χ0v) is 10.4. The lowest BCUT2D eigenvalue weighted by atomic mass is 10.3. The minimum absolute atomic E-state index is 0.00870. The maximum atomic E-state index is 11.2. The second-order valence-corrected chi connectivity index (χ2v) is 5.82. The fourth-order valence-corrected chi connectivity index (χ4v) is 1.77. The molecule has 1 saturated carbocycles. The van der Waals surface area contributed by atoms with Gasteiger partial charge in [0.1, 0.15) is 0 Å². The quantitative estimate of drug-likeness (QED) is 0.817. The monoisotopic (exact) mass is 272 g/mol. The number of rotatable bonds is 5. The van der Waals surface area contributed by atoms with E-state index in [0.29, 0.717) is 0 Å². The third-order valence-corrected chi connectivity index (χ3v) is 2.76. The molecule has 1 aliphatic rings. The van der Waals surface area contributed by atoms with Crippen molar-refractivity contribution in [2.75, 3.05) is 11.0 Å². The number of nitrogens with zero attached hydrogens (tertiary/aromatic N) is 1. The van der Waals surface area contributed by atoms with Crippen LogP contribution in [0.3, 0.4) is 0 Å². The van der Waals surface area contributed by atoms with Gasteiger partial charge in [0, 0.05) is 12.3 Å². The minimum Gasteiger partial charge on any atom is -0.486 e. The average molecular weight is 272 g/mol. The fraction of sp³-hybridized carbons (Fsp3) is 0.400. The number of carboxylic acid groups (broad SMARTS) is 1. The van der Waals surface area contributed by atoms with E-state index in [4.69, 9.17) is 9.84 Å². The lowest BCUT2D eigenvalue weighted by Gasteiger charge is -2.11. The van der Waals surface area contributed by atoms with Crippen molar-refractivity contribution in [2.24, 2.45) is 0 Å². The van der Waals surface area contributed by atoms with E-state index >= 15 is 0 Å². The normalized spacial score (nSPS) is 15.2. The molecule has 7 nitrogen and oxygen atoms in total. The van der Waals surface area contributed by atoms with Gasteiger partial charge in [-0.2, -0.15) is 0 Å². The average Bonchev–Trinajstić information content (AvgIpc) is 3.02. The van der Waals surface area contributed by atoms with E-state index in [0.717, 1.165) is 25.3 Å². The molecular formula is C10H12N2O5S. The first kappa shape index (κ1) is 12.6. The molecule has 1 aromatic heterocycles. The summed E-state index contributed by atoms with van der Waals surface area (Å²) in [7, 11) is -3.49. The van der Waals surface area contributed by atoms with Gasteiger partial charge in [0.05, 0.1) is 17.9 Å². The van der Waals surface area contributed by atoms with Crippen LogP contribution in [0.4, 0.5) is 5.82 Å². The van der Waals surface area contributed by atoms with Crippen LogP contribution in [0.15, 0.2) is 12.3 Å². The van der Waals surface area contributed by atoms with Crippen LogP contribution < -0.4 is 9.46 Å². The van der Waals surface area contributed by atoms with Gasteiger partial charge in [0.2, 0.25) is 10.0 Å². The summed E-state index contributed by atoms with van der Waals surface area (Å²) in [5.41, 5.74) is -0.0512. The number of sulfonamides is 1. The number of ether oxygens (including phenoxy) is 1. The van der Waals surface area contributed by atoms with Crippen LogP contribution in [0, 0.1) is 0 Å². The van der Waals surface area contributed by atoms with Gasteiger partial charge in [-0.25, -0.2) is 18.2 Å². The summed E-state index contributed by atoms with van der Waals surface area (Å²) in [5, 5.41) is 8.85. The van der Waals surface area contributed by atoms with Crippen molar-refractivity contribution in [2.45, 2.75) is 18.9 Å². The Morgan fingerprint density at radius 1 is 1.56 bits per heavy atom. The Bertz CT molecular complexity index is 580. The summed E-state index contributed by atoms with van der Waals surface area (Å²) in [6.07, 6.45) is 3.82. The van der Waals surface area contributed by atoms with Gasteiger partial charge < -0.3 is 9.84 Å². The minimum atomic E-state index is -3.49. The molecule has 2 N–H and O–H groups in total. The highest BCUT2D eigenvalue weighted by molar-refractivity contribution is 7.92. The van der Waals surface area contributed by atoms with E-state index in [2.05, 4.69) is 9.71 Å². The Morgan fingerprint density at radius 3 is 2.72 bits per heavy atom. The number of nitrogens with one attached hydrogen (secondary N) is 1. The van der Waals surface area contributed by atoms with E-state index in [1.807, 2.05) is 0 Å². The number of anilines is 1. The van der Waals surface area contributed by atoms with Crippen LogP contribution >= 0.6 is 0 Å². The number of aromatic nitrogens is 1. The van der Waals surface area contributed by atoms with Crippen molar-refractivity contribution in [1.29, 1.82) is 0 Å². The molecule has 0 bridgehead atoms. The Morgan fingerprint density at radius 2 is 2.22 bits per heavy atom. The van der Waals surface area contributed by atoms with Gasteiger partial charge in [0.15, 0.2) is 11.6 Å². The number of hydrogen-bond acceptors (Lipinski definition) is 5. The Hall–Kier alpha value is -1.83. The molecule has 0 aliphatic heterocycles. The molecule has 98 valence electrons. The van der Waals surface area contributed by atoms with Crippen LogP contribution in [0.25, 0.3) is 0 Å². The van der Waals surface area contributed by atoms with Crippen LogP contribution in [0.1, 0.15) is 23.2 Å². The number of aromatic carboxylic acids is 1. The van der Waals surface area contributed by atoms with Crippen molar-refractivity contribution >= 4 is 21.8 Å². The first-order valence-corrected chi connectivity index (χ1v) is 7.12. The van der Waals surface area contributed by atoms with Gasteiger partial charge >= 0.3 is 5.97 Å². The third-order valence-electron chi connectivity index (χ3n) is 2.20. The van der Waals surface area contributed by atoms with E-state index in [1.165, 1.54) is 6.07 Å². The topological polar surface area (TPSA) is 106 Å². The molecule has 8 heteroatoms. The van der Waals surface area contributed by atoms with Crippen molar-refractivity contribution in [3.63, 3.8) is 0 Å². The van der Waals surface area contributed by atoms with Gasteiger partial charge in [-0.1, -0.05) is 0 Å². The van der Waals surface area contributed by atoms with E-state index in [1.54, 1.807) is 0 Å². The summed E-state index contributed by atoms with van der Waals surface area (Å²) in [5.74, 6) is -0.994. The molecular weight excluding hydrogens is 260 g/mol. The molecule has 2 rings (SSSR count). The van der Waals surface area contributed by atoms with Crippen molar-refractivity contribution < 1.29 is 23.1 Å². The molecule has 0 saturated heterocycles. The maximum absolute atomic E-state index is 11.2. The first-order valence-electron chi connectivity index (χ1n) is 5.23. The van der Waals surface area contributed by atoms with Gasteiger partial charge in [0.25, 0.3) is 0 Å². The number of carbonyl (C=O) groups is 1. The first-order chi connectivity index (χ1) is 8.35. The molecule has 0 unspecified atom stereocenters. The summed E-state index contributed by atoms with van der Waals surface area (Å²) in [4.78, 5) is 14.6. The molecule has 0 radical (unpaired) electrons. The van der Waals surface area contributed by atoms with E-state index < -0.39 is 16.0 Å². The molecule has 1 aromatic rings. The summed E-state index contributed by atoms with van der Waals surface area (Å²) >= 11 is 0. The lowest BCUT2D eigenvalue weighted by molar-refractivity contribution is 0.0696. The SMILES string of the molecule is CS(=O)(=O)Nc1ncc(C(=O)O)cc1OC1CC1. The molecule has 0 atom stereocenters. The fourth-order valence-electron chi connectivity index (χ4n) is 1.27. The molecule has 0 amide bonds. The van der Waals surface area contributed by atoms with Crippen molar-refractivity contribution in [3.05, 3.63) is 17.8 Å². The van der Waals surface area contributed by atoms with Crippen LogP contribution in [-0.4, -0.2) is 36.8 Å². The highest BCUT2D eigenvalue weighted by Gasteiger charge is 2.26. The largest absolute Gasteiger partial charge is 0.486 e. The smallest absolute Gasteiger partial charge is 0.337 e. The Balaban J connectivity index is 2.34. The zero-order valence-electron chi connectivity index (χ0n) is 9.58. The number of carboxylic acids is 1. The standard InChI is InChI=1S/C10H12N2O5S/c1-18(15,16)12-9-8(17-7-2-3-7)4-6(5-11-9)10(13)14/h4-5,7H,2-3H2,1H3,(H,11,12)(H,13,14). The third kappa shape index (κ3) is 3.33. The van der Waals surface area contributed by atoms with Gasteiger partial charge in [-0.15, -0.1) is 0 Å². The highest BCUT2D eigenvalue weighted by Crippen LogP contribution is 2.31. The number of pyridine rings is 1. The molecule has 1 fully saturated rings. The van der Waals surface area contributed by atoms with Crippen molar-refractivity contribution in [3.8, 4) is 5.75 Å². The lowest BCUT2D eigenvalue weighted by Crippen LogP contribution is -2.13. The second kappa shape index (κ2) is 4.45. The van der Waals surface area contributed by atoms with Crippen molar-refractivity contribution in [1.82, 2.24) is 4.98 Å². The predicted octanol–water partition coefficient (Wildman–Crippen LogP) is 0.692. The van der Waals surface area contributed by atoms with Gasteiger partial charge in [-0.3, -0.25) is 4.72 Å². The Kier molecular flexibility index (Phi) is 3.12. The molecule has 1 aliphatic carbocycles. The van der Waals surface area contributed by atoms with Gasteiger partial charge in [-0.05, 0) is 12.8 Å². The molecule has 18 heavy (non-hydrogen) atoms. The number of hydrogen-bond donors (Lipinski definition) is 2. The van der Waals surface area contributed by atoms with Crippen LogP contribution in [-0.2, 0) is 10.0 Å². The summed E-state index contributed by atoms with van der Waals surface area (Å²) in [6, 6.07) is 1.27. The Labute approximate surface area is 104 Å². The van der Waals surface area contributed by atoms with E-state index in [-0.39, 0.29) is 23.2 Å².